The number of hydrogen-bond acceptors (Lipinski definition) is 5. The lowest BCUT2D eigenvalue weighted by Gasteiger charge is -2.25. The van der Waals surface area contributed by atoms with E-state index in [1.54, 1.807) is 22.7 Å². The summed E-state index contributed by atoms with van der Waals surface area (Å²) in [6, 6.07) is 60.1. The van der Waals surface area contributed by atoms with Crippen LogP contribution in [0.5, 0.6) is 0 Å². The molecule has 0 saturated heterocycles. The number of para-hydroxylation sites is 3. The first kappa shape index (κ1) is 28.9. The molecule has 4 nitrogen and oxygen atoms in total. The maximum Gasteiger partial charge on any atom is 0.195 e. The standard InChI is InChI=1S/C44H28N4S2/c1-3-11-29(12-4-1)30-19-22-33(23-20-30)47(32-13-5-2-6-14-32)34-24-26-37-42(28-34)49-43(45-37)31-21-25-38-41(27-31)50-44(46-38)48-39-17-9-7-15-35(39)36-16-8-10-18-40(36)48/h1-28H. The third-order valence-electron chi connectivity index (χ3n) is 9.27. The molecule has 0 unspecified atom stereocenters. The fourth-order valence-electron chi connectivity index (χ4n) is 6.90. The van der Waals surface area contributed by atoms with E-state index in [1.807, 2.05) is 0 Å². The Labute approximate surface area is 296 Å². The predicted molar refractivity (Wildman–Crippen MR) is 213 cm³/mol. The van der Waals surface area contributed by atoms with Crippen LogP contribution in [0.15, 0.2) is 170 Å². The van der Waals surface area contributed by atoms with Crippen molar-refractivity contribution >= 4 is 82.0 Å². The van der Waals surface area contributed by atoms with Crippen molar-refractivity contribution in [3.05, 3.63) is 170 Å². The van der Waals surface area contributed by atoms with Crippen LogP contribution in [0, 0.1) is 0 Å². The number of benzene rings is 7. The zero-order valence-electron chi connectivity index (χ0n) is 26.8. The van der Waals surface area contributed by atoms with E-state index >= 15 is 0 Å². The molecule has 7 aromatic carbocycles. The average Bonchev–Trinajstić information content (AvgIpc) is 3.89. The van der Waals surface area contributed by atoms with Crippen LogP contribution in [0.25, 0.3) is 69.1 Å². The molecule has 0 aliphatic carbocycles. The number of hydrogen-bond donors (Lipinski definition) is 0. The molecule has 10 rings (SSSR count). The van der Waals surface area contributed by atoms with E-state index < -0.39 is 0 Å². The van der Waals surface area contributed by atoms with E-state index in [0.717, 1.165) is 53.2 Å². The van der Waals surface area contributed by atoms with Gasteiger partial charge in [-0.1, -0.05) is 108 Å². The molecule has 0 bridgehead atoms. The lowest BCUT2D eigenvalue weighted by Crippen LogP contribution is -2.09. The third-order valence-corrected chi connectivity index (χ3v) is 11.3. The fourth-order valence-corrected chi connectivity index (χ4v) is 8.93. The van der Waals surface area contributed by atoms with E-state index in [-0.39, 0.29) is 0 Å². The lowest BCUT2D eigenvalue weighted by molar-refractivity contribution is 1.15. The summed E-state index contributed by atoms with van der Waals surface area (Å²) in [4.78, 5) is 12.5. The second-order valence-electron chi connectivity index (χ2n) is 12.3. The van der Waals surface area contributed by atoms with Crippen molar-refractivity contribution in [1.29, 1.82) is 0 Å². The summed E-state index contributed by atoms with van der Waals surface area (Å²) in [7, 11) is 0. The largest absolute Gasteiger partial charge is 0.310 e. The molecule has 6 heteroatoms. The summed E-state index contributed by atoms with van der Waals surface area (Å²) in [5.74, 6) is 0. The van der Waals surface area contributed by atoms with Crippen LogP contribution in [-0.4, -0.2) is 14.5 Å². The summed E-state index contributed by atoms with van der Waals surface area (Å²) < 4.78 is 4.59. The van der Waals surface area contributed by atoms with E-state index in [9.17, 15) is 0 Å². The minimum atomic E-state index is 0.973. The molecule has 0 N–H and O–H groups in total. The van der Waals surface area contributed by atoms with Gasteiger partial charge in [0.15, 0.2) is 5.13 Å². The predicted octanol–water partition coefficient (Wildman–Crippen LogP) is 12.8. The minimum absolute atomic E-state index is 0.973. The van der Waals surface area contributed by atoms with Gasteiger partial charge in [-0.2, -0.15) is 0 Å². The Morgan fingerprint density at radius 3 is 1.70 bits per heavy atom. The number of aromatic nitrogens is 3. The third kappa shape index (κ3) is 4.88. The molecule has 0 aliphatic rings. The van der Waals surface area contributed by atoms with Gasteiger partial charge in [-0.3, -0.25) is 4.57 Å². The summed E-state index contributed by atoms with van der Waals surface area (Å²) >= 11 is 3.45. The molecule has 3 aromatic heterocycles. The zero-order valence-corrected chi connectivity index (χ0v) is 28.4. The number of nitrogens with zero attached hydrogens (tertiary/aromatic N) is 4. The molecule has 50 heavy (non-hydrogen) atoms. The molecule has 236 valence electrons. The molecular weight excluding hydrogens is 649 g/mol. The van der Waals surface area contributed by atoms with Crippen molar-refractivity contribution in [2.75, 3.05) is 4.90 Å². The van der Waals surface area contributed by atoms with Gasteiger partial charge in [0.25, 0.3) is 0 Å². The number of anilines is 3. The topological polar surface area (TPSA) is 34.0 Å². The first-order valence-electron chi connectivity index (χ1n) is 16.6. The van der Waals surface area contributed by atoms with Gasteiger partial charge in [-0.15, -0.1) is 11.3 Å². The Morgan fingerprint density at radius 2 is 0.960 bits per heavy atom. The van der Waals surface area contributed by atoms with Crippen LogP contribution < -0.4 is 4.90 Å². The second-order valence-corrected chi connectivity index (χ2v) is 14.3. The van der Waals surface area contributed by atoms with Crippen molar-refractivity contribution in [3.8, 4) is 26.8 Å². The number of rotatable bonds is 6. The molecule has 0 fully saturated rings. The zero-order chi connectivity index (χ0) is 33.0. The molecule has 0 amide bonds. The highest BCUT2D eigenvalue weighted by Gasteiger charge is 2.18. The lowest BCUT2D eigenvalue weighted by atomic mass is 10.0. The maximum absolute atomic E-state index is 5.10. The molecule has 3 heterocycles. The van der Waals surface area contributed by atoms with Crippen molar-refractivity contribution in [3.63, 3.8) is 0 Å². The molecule has 0 aliphatic heterocycles. The smallest absolute Gasteiger partial charge is 0.195 e. The van der Waals surface area contributed by atoms with Gasteiger partial charge in [-0.05, 0) is 83.9 Å². The highest BCUT2D eigenvalue weighted by molar-refractivity contribution is 7.22. The molecule has 0 radical (unpaired) electrons. The molecule has 0 spiro atoms. The summed E-state index contributed by atoms with van der Waals surface area (Å²) in [6.45, 7) is 0. The average molecular weight is 677 g/mol. The SMILES string of the molecule is c1ccc(-c2ccc(N(c3ccccc3)c3ccc4nc(-c5ccc6nc(-n7c8ccccc8c8ccccc87)sc6c5)sc4c3)cc2)cc1. The maximum atomic E-state index is 5.10. The van der Waals surface area contributed by atoms with Crippen LogP contribution >= 0.6 is 22.7 Å². The van der Waals surface area contributed by atoms with Crippen molar-refractivity contribution < 1.29 is 0 Å². The van der Waals surface area contributed by atoms with E-state index in [2.05, 4.69) is 179 Å². The van der Waals surface area contributed by atoms with Crippen LogP contribution in [0.3, 0.4) is 0 Å². The Morgan fingerprint density at radius 1 is 0.420 bits per heavy atom. The van der Waals surface area contributed by atoms with Gasteiger partial charge in [0, 0.05) is 33.4 Å². The van der Waals surface area contributed by atoms with Crippen LogP contribution in [0.4, 0.5) is 17.1 Å². The van der Waals surface area contributed by atoms with Gasteiger partial charge in [0.05, 0.1) is 31.5 Å². The van der Waals surface area contributed by atoms with E-state index in [1.165, 1.54) is 32.9 Å². The quantitative estimate of drug-likeness (QED) is 0.176. The summed E-state index contributed by atoms with van der Waals surface area (Å²) in [5.41, 5.74) is 11.2. The molecule has 0 saturated carbocycles. The van der Waals surface area contributed by atoms with Gasteiger partial charge in [0.2, 0.25) is 0 Å². The summed E-state index contributed by atoms with van der Waals surface area (Å²) in [6.07, 6.45) is 0. The molecule has 0 atom stereocenters. The Balaban J connectivity index is 1.02. The molecule has 10 aromatic rings. The first-order chi connectivity index (χ1) is 24.8. The van der Waals surface area contributed by atoms with Crippen molar-refractivity contribution in [1.82, 2.24) is 14.5 Å². The van der Waals surface area contributed by atoms with Gasteiger partial charge in [0.1, 0.15) is 5.01 Å². The Kier molecular flexibility index (Phi) is 6.82. The van der Waals surface area contributed by atoms with Gasteiger partial charge >= 0.3 is 0 Å². The minimum Gasteiger partial charge on any atom is -0.310 e. The monoisotopic (exact) mass is 676 g/mol. The number of fused-ring (bicyclic) bond motifs is 5. The van der Waals surface area contributed by atoms with Gasteiger partial charge < -0.3 is 4.90 Å². The Hall–Kier alpha value is -6.08. The van der Waals surface area contributed by atoms with E-state index in [0.29, 0.717) is 0 Å². The highest BCUT2D eigenvalue weighted by atomic mass is 32.1. The molecular formula is C44H28N4S2. The van der Waals surface area contributed by atoms with Crippen LogP contribution in [0.2, 0.25) is 0 Å². The summed E-state index contributed by atoms with van der Waals surface area (Å²) in [5, 5.41) is 4.46. The van der Waals surface area contributed by atoms with E-state index in [4.69, 9.17) is 9.97 Å². The van der Waals surface area contributed by atoms with Crippen molar-refractivity contribution in [2.45, 2.75) is 0 Å². The van der Waals surface area contributed by atoms with Crippen LogP contribution in [0.1, 0.15) is 0 Å². The number of thiazole rings is 2. The Bertz CT molecular complexity index is 2760. The first-order valence-corrected chi connectivity index (χ1v) is 18.2. The van der Waals surface area contributed by atoms with Crippen LogP contribution in [-0.2, 0) is 0 Å². The normalized spacial score (nSPS) is 11.6. The second kappa shape index (κ2) is 11.8. The fraction of sp³-hybridized carbons (Fsp3) is 0. The highest BCUT2D eigenvalue weighted by Crippen LogP contribution is 2.41. The van der Waals surface area contributed by atoms with Gasteiger partial charge in [-0.25, -0.2) is 9.97 Å². The van der Waals surface area contributed by atoms with Crippen molar-refractivity contribution in [2.24, 2.45) is 0 Å².